The summed E-state index contributed by atoms with van der Waals surface area (Å²) in [4.78, 5) is 38.4. The SMILES string of the molecule is Nc1ccn([C@@H]2C[C@H](COP(=O)(O)O[C@@H]3[C@@H](CO)C[C@@H](n4cnc5c(N)ncnc54)[C@@H]3O)[C@@H](O)[C@H]2O)c(=O)n1. The molecule has 0 aliphatic heterocycles. The summed E-state index contributed by atoms with van der Waals surface area (Å²) in [5.74, 6) is -1.43. The molecule has 0 spiro atoms. The first-order valence-electron chi connectivity index (χ1n) is 12.1. The molecule has 0 amide bonds. The minimum Gasteiger partial charge on any atom is -0.396 e. The molecule has 0 saturated heterocycles. The van der Waals surface area contributed by atoms with Crippen molar-refractivity contribution in [2.24, 2.45) is 11.8 Å². The summed E-state index contributed by atoms with van der Waals surface area (Å²) in [6.07, 6.45) is -1.23. The van der Waals surface area contributed by atoms with Crippen LogP contribution in [0.2, 0.25) is 0 Å². The van der Waals surface area contributed by atoms with Gasteiger partial charge in [-0.25, -0.2) is 24.3 Å². The Hall–Kier alpha value is -3.02. The fourth-order valence-electron chi connectivity index (χ4n) is 5.39. The Morgan fingerprint density at radius 2 is 1.74 bits per heavy atom. The number of fused-ring (bicyclic) bond motifs is 1. The molecule has 2 saturated carbocycles. The molecule has 0 aromatic carbocycles. The largest absolute Gasteiger partial charge is 0.472 e. The monoisotopic (exact) mass is 568 g/mol. The third-order valence-corrected chi connectivity index (χ3v) is 8.39. The van der Waals surface area contributed by atoms with E-state index >= 15 is 0 Å². The number of nitrogen functional groups attached to an aromatic ring is 2. The molecule has 2 aliphatic carbocycles. The second kappa shape index (κ2) is 10.5. The molecule has 2 aliphatic rings. The highest BCUT2D eigenvalue weighted by Crippen LogP contribution is 2.51. The van der Waals surface area contributed by atoms with Crippen LogP contribution < -0.4 is 17.2 Å². The summed E-state index contributed by atoms with van der Waals surface area (Å²) in [6, 6.07) is -0.218. The minimum atomic E-state index is -4.83. The number of rotatable bonds is 8. The summed E-state index contributed by atoms with van der Waals surface area (Å²) >= 11 is 0. The number of aliphatic hydroxyl groups is 4. The molecule has 39 heavy (non-hydrogen) atoms. The van der Waals surface area contributed by atoms with Gasteiger partial charge in [-0.2, -0.15) is 4.98 Å². The van der Waals surface area contributed by atoms with Crippen LogP contribution in [0.1, 0.15) is 24.9 Å². The number of phosphoric ester groups is 1. The first-order chi connectivity index (χ1) is 18.5. The molecule has 5 rings (SSSR count). The number of phosphoric acid groups is 1. The Kier molecular flexibility index (Phi) is 7.43. The second-order valence-electron chi connectivity index (χ2n) is 9.74. The van der Waals surface area contributed by atoms with Gasteiger partial charge in [-0.15, -0.1) is 0 Å². The van der Waals surface area contributed by atoms with Crippen LogP contribution in [0.4, 0.5) is 11.6 Å². The maximum Gasteiger partial charge on any atom is 0.472 e. The van der Waals surface area contributed by atoms with E-state index in [1.807, 2.05) is 0 Å². The van der Waals surface area contributed by atoms with Crippen molar-refractivity contribution in [1.82, 2.24) is 29.1 Å². The molecular weight excluding hydrogens is 539 g/mol. The molecular formula is C21H29N8O9P. The number of nitrogens with two attached hydrogens (primary N) is 2. The smallest absolute Gasteiger partial charge is 0.396 e. The van der Waals surface area contributed by atoms with E-state index in [-0.39, 0.29) is 24.5 Å². The zero-order valence-corrected chi connectivity index (χ0v) is 21.3. The molecule has 3 aromatic heterocycles. The highest BCUT2D eigenvalue weighted by atomic mass is 31.2. The molecule has 212 valence electrons. The number of hydrogen-bond acceptors (Lipinski definition) is 14. The number of aliphatic hydroxyl groups excluding tert-OH is 4. The predicted molar refractivity (Wildman–Crippen MR) is 133 cm³/mol. The van der Waals surface area contributed by atoms with Gasteiger partial charge < -0.3 is 41.4 Å². The van der Waals surface area contributed by atoms with Crippen molar-refractivity contribution in [2.45, 2.75) is 49.3 Å². The maximum atomic E-state index is 12.9. The van der Waals surface area contributed by atoms with Crippen molar-refractivity contribution in [3.05, 3.63) is 35.4 Å². The summed E-state index contributed by atoms with van der Waals surface area (Å²) in [5.41, 5.74) is 11.3. The van der Waals surface area contributed by atoms with Crippen LogP contribution in [0.25, 0.3) is 11.2 Å². The molecule has 2 fully saturated rings. The number of aromatic nitrogens is 6. The van der Waals surface area contributed by atoms with Gasteiger partial charge in [0.2, 0.25) is 0 Å². The van der Waals surface area contributed by atoms with Gasteiger partial charge in [-0.05, 0) is 18.9 Å². The van der Waals surface area contributed by atoms with Crippen molar-refractivity contribution in [3.63, 3.8) is 0 Å². The van der Waals surface area contributed by atoms with Crippen LogP contribution >= 0.6 is 7.82 Å². The van der Waals surface area contributed by atoms with Crippen molar-refractivity contribution in [3.8, 4) is 0 Å². The number of anilines is 2. The van der Waals surface area contributed by atoms with E-state index in [2.05, 4.69) is 19.9 Å². The van der Waals surface area contributed by atoms with Gasteiger partial charge in [0.05, 0.1) is 31.1 Å². The van der Waals surface area contributed by atoms with Crippen LogP contribution in [0.5, 0.6) is 0 Å². The standard InChI is InChI=1S/C21H29N8O9P/c22-13-1-2-28(21(34)27-13)11-4-10(15(31)16(11)32)6-37-39(35,36)38-18-9(5-30)3-12(17(18)33)29-8-26-14-19(23)24-7-25-20(14)29/h1-2,7-12,15-18,30-33H,3-6H2,(H,35,36)(H2,22,27,34)(H2,23,24,25)/t9-,10-,11-,12-,15-,16+,17+,18-/m1/s1. The zero-order valence-electron chi connectivity index (χ0n) is 20.4. The molecule has 3 aromatic rings. The lowest BCUT2D eigenvalue weighted by molar-refractivity contribution is -0.0230. The van der Waals surface area contributed by atoms with Crippen LogP contribution in [0.15, 0.2) is 29.7 Å². The summed E-state index contributed by atoms with van der Waals surface area (Å²) < 4.78 is 26.0. The average Bonchev–Trinajstić information content (AvgIpc) is 3.53. The van der Waals surface area contributed by atoms with Crippen molar-refractivity contribution in [2.75, 3.05) is 24.7 Å². The molecule has 9 N–H and O–H groups in total. The van der Waals surface area contributed by atoms with Gasteiger partial charge in [0, 0.05) is 24.6 Å². The lowest BCUT2D eigenvalue weighted by atomic mass is 10.1. The number of hydrogen-bond donors (Lipinski definition) is 7. The Labute approximate surface area is 220 Å². The third kappa shape index (κ3) is 5.15. The quantitative estimate of drug-likeness (QED) is 0.144. The molecule has 0 radical (unpaired) electrons. The molecule has 1 unspecified atom stereocenters. The van der Waals surface area contributed by atoms with Gasteiger partial charge in [0.15, 0.2) is 11.5 Å². The fraction of sp³-hybridized carbons (Fsp3) is 0.571. The van der Waals surface area contributed by atoms with Crippen LogP contribution in [0, 0.1) is 11.8 Å². The van der Waals surface area contributed by atoms with E-state index in [1.165, 1.54) is 29.5 Å². The van der Waals surface area contributed by atoms with Crippen molar-refractivity contribution < 1.29 is 38.9 Å². The molecule has 3 heterocycles. The number of nitrogens with zero attached hydrogens (tertiary/aromatic N) is 6. The van der Waals surface area contributed by atoms with E-state index in [0.717, 1.165) is 4.57 Å². The van der Waals surface area contributed by atoms with Gasteiger partial charge in [-0.3, -0.25) is 13.6 Å². The summed E-state index contributed by atoms with van der Waals surface area (Å²) in [7, 11) is -4.83. The fourth-order valence-corrected chi connectivity index (χ4v) is 6.44. The van der Waals surface area contributed by atoms with E-state index in [1.54, 1.807) is 0 Å². The Morgan fingerprint density at radius 3 is 2.46 bits per heavy atom. The first kappa shape index (κ1) is 27.5. The normalized spacial score (nSPS) is 32.5. The van der Waals surface area contributed by atoms with Gasteiger partial charge in [-0.1, -0.05) is 0 Å². The molecule has 17 nitrogen and oxygen atoms in total. The van der Waals surface area contributed by atoms with E-state index < -0.39 is 75.1 Å². The van der Waals surface area contributed by atoms with Crippen LogP contribution in [-0.4, -0.2) is 92.0 Å². The molecule has 0 bridgehead atoms. The van der Waals surface area contributed by atoms with Crippen molar-refractivity contribution in [1.29, 1.82) is 0 Å². The summed E-state index contributed by atoms with van der Waals surface area (Å²) in [6.45, 7) is -0.959. The van der Waals surface area contributed by atoms with Crippen molar-refractivity contribution >= 4 is 30.6 Å². The van der Waals surface area contributed by atoms with E-state index in [9.17, 15) is 34.7 Å². The van der Waals surface area contributed by atoms with Gasteiger partial charge >= 0.3 is 13.5 Å². The highest BCUT2D eigenvalue weighted by Gasteiger charge is 2.49. The summed E-state index contributed by atoms with van der Waals surface area (Å²) in [5, 5.41) is 41.9. The average molecular weight is 568 g/mol. The third-order valence-electron chi connectivity index (χ3n) is 7.41. The highest BCUT2D eigenvalue weighted by molar-refractivity contribution is 7.47. The van der Waals surface area contributed by atoms with Gasteiger partial charge in [0.25, 0.3) is 0 Å². The number of imidazole rings is 1. The van der Waals surface area contributed by atoms with Crippen LogP contribution in [0.3, 0.4) is 0 Å². The lowest BCUT2D eigenvalue weighted by Gasteiger charge is -2.25. The topological polar surface area (TPSA) is 267 Å². The Balaban J connectivity index is 1.26. The Bertz CT molecular complexity index is 1450. The predicted octanol–water partition coefficient (Wildman–Crippen LogP) is -2.05. The molecule has 9 atom stereocenters. The second-order valence-corrected chi connectivity index (χ2v) is 11.1. The Morgan fingerprint density at radius 1 is 1.03 bits per heavy atom. The van der Waals surface area contributed by atoms with Crippen LogP contribution in [-0.2, 0) is 13.6 Å². The first-order valence-corrected chi connectivity index (χ1v) is 13.6. The zero-order chi connectivity index (χ0) is 28.1. The molecule has 18 heteroatoms. The maximum absolute atomic E-state index is 12.9. The van der Waals surface area contributed by atoms with E-state index in [4.69, 9.17) is 20.5 Å². The van der Waals surface area contributed by atoms with E-state index in [0.29, 0.717) is 11.2 Å². The van der Waals surface area contributed by atoms with Gasteiger partial charge in [0.1, 0.15) is 36.0 Å². The lowest BCUT2D eigenvalue weighted by Crippen LogP contribution is -2.35. The minimum absolute atomic E-state index is 0.00122.